The molecule has 0 bridgehead atoms. The van der Waals surface area contributed by atoms with Crippen molar-refractivity contribution < 1.29 is 0 Å². The zero-order valence-corrected chi connectivity index (χ0v) is 11.8. The van der Waals surface area contributed by atoms with Crippen molar-refractivity contribution in [1.82, 2.24) is 0 Å². The zero-order valence-electron chi connectivity index (χ0n) is 7.27. The van der Waals surface area contributed by atoms with E-state index in [4.69, 9.17) is 0 Å². The van der Waals surface area contributed by atoms with Crippen LogP contribution >= 0.6 is 37.2 Å². The number of hydrogen-bond acceptors (Lipinski definition) is 0. The predicted molar refractivity (Wildman–Crippen MR) is 71.1 cm³/mol. The van der Waals surface area contributed by atoms with Gasteiger partial charge in [0.1, 0.15) is 0 Å². The van der Waals surface area contributed by atoms with E-state index in [-0.39, 0.29) is 37.2 Å². The van der Waals surface area contributed by atoms with Crippen molar-refractivity contribution in [2.45, 2.75) is 0 Å². The van der Waals surface area contributed by atoms with Crippen LogP contribution in [0.1, 0.15) is 0 Å². The molecule has 0 N–H and O–H groups in total. The zero-order chi connectivity index (χ0) is 7.68. The number of rotatable bonds is 0. The fraction of sp³-hybridized carbons (Fsp3) is 0. The minimum absolute atomic E-state index is 0. The van der Waals surface area contributed by atoms with Crippen molar-refractivity contribution in [3.8, 4) is 0 Å². The molecule has 3 radical (unpaired) electrons. The van der Waals surface area contributed by atoms with E-state index >= 15 is 0 Å². The fourth-order valence-electron chi connectivity index (χ4n) is 1.23. The number of halogens is 3. The maximum atomic E-state index is 2.16. The fourth-order valence-corrected chi connectivity index (χ4v) is 1.90. The average Bonchev–Trinajstić information content (AvgIpc) is 2.06. The Balaban J connectivity index is 0. The standard InChI is InChI=1S/C10H7Ge.3ClH/c11-10-7-3-5-8-4-1-2-6-9(8)10;;;/h1-7H;3*1H. The minimum atomic E-state index is 0. The molecule has 2 rings (SSSR count). The van der Waals surface area contributed by atoms with Gasteiger partial charge in [-0.05, 0) is 0 Å². The van der Waals surface area contributed by atoms with Crippen LogP contribution in [0.4, 0.5) is 0 Å². The summed E-state index contributed by atoms with van der Waals surface area (Å²) in [7, 11) is 0. The predicted octanol–water partition coefficient (Wildman–Crippen LogP) is 2.90. The topological polar surface area (TPSA) is 0 Å². The van der Waals surface area contributed by atoms with Gasteiger partial charge in [-0.2, -0.15) is 0 Å². The second kappa shape index (κ2) is 7.41. The molecule has 0 saturated carbocycles. The Kier molecular flexibility index (Phi) is 8.75. The molecule has 0 aliphatic carbocycles. The second-order valence-corrected chi connectivity index (χ2v) is 3.66. The van der Waals surface area contributed by atoms with Gasteiger partial charge in [-0.25, -0.2) is 0 Å². The van der Waals surface area contributed by atoms with Crippen molar-refractivity contribution in [2.75, 3.05) is 0 Å². The molecule has 0 saturated heterocycles. The van der Waals surface area contributed by atoms with Crippen molar-refractivity contribution in [3.63, 3.8) is 0 Å². The molecule has 0 aromatic heterocycles. The summed E-state index contributed by atoms with van der Waals surface area (Å²) in [6, 6.07) is 14.8. The molecule has 4 heteroatoms. The molecule has 0 spiro atoms. The summed E-state index contributed by atoms with van der Waals surface area (Å²) in [6.45, 7) is 0. The third-order valence-electron chi connectivity index (χ3n) is 1.79. The van der Waals surface area contributed by atoms with E-state index in [0.717, 1.165) is 0 Å². The van der Waals surface area contributed by atoms with Gasteiger partial charge in [-0.15, -0.1) is 37.2 Å². The van der Waals surface area contributed by atoms with Crippen LogP contribution in [-0.4, -0.2) is 16.5 Å². The van der Waals surface area contributed by atoms with Crippen LogP contribution in [0.3, 0.4) is 0 Å². The van der Waals surface area contributed by atoms with Crippen molar-refractivity contribution >= 4 is 68.9 Å². The van der Waals surface area contributed by atoms with Gasteiger partial charge >= 0.3 is 74.1 Å². The molecular weight excluding hydrogens is 299 g/mol. The Morgan fingerprint density at radius 3 is 1.93 bits per heavy atom. The molecule has 0 atom stereocenters. The average molecular weight is 309 g/mol. The second-order valence-electron chi connectivity index (χ2n) is 2.53. The van der Waals surface area contributed by atoms with Crippen LogP contribution in [0.25, 0.3) is 10.8 Å². The van der Waals surface area contributed by atoms with Crippen LogP contribution in [0.15, 0.2) is 42.5 Å². The Hall–Kier alpha value is 0.113. The summed E-state index contributed by atoms with van der Waals surface area (Å²) in [5.41, 5.74) is 0. The van der Waals surface area contributed by atoms with E-state index in [2.05, 4.69) is 59.0 Å². The SMILES string of the molecule is Cl.Cl.Cl.[Ge][c]1cccc2ccccc12. The van der Waals surface area contributed by atoms with Crippen LogP contribution < -0.4 is 4.40 Å². The van der Waals surface area contributed by atoms with Gasteiger partial charge in [-0.1, -0.05) is 0 Å². The summed E-state index contributed by atoms with van der Waals surface area (Å²) in [6.07, 6.45) is 0. The third-order valence-corrected chi connectivity index (χ3v) is 2.70. The van der Waals surface area contributed by atoms with Crippen LogP contribution in [-0.2, 0) is 0 Å². The molecule has 2 aromatic rings. The summed E-state index contributed by atoms with van der Waals surface area (Å²) >= 11 is 2.14. The quantitative estimate of drug-likeness (QED) is 0.657. The first kappa shape index (κ1) is 16.5. The first-order valence-electron chi connectivity index (χ1n) is 3.57. The summed E-state index contributed by atoms with van der Waals surface area (Å²) < 4.78 is 1.35. The Bertz CT molecular complexity index is 385. The molecule has 0 amide bonds. The van der Waals surface area contributed by atoms with Crippen LogP contribution in [0.2, 0.25) is 0 Å². The molecule has 0 aliphatic heterocycles. The van der Waals surface area contributed by atoms with Crippen LogP contribution in [0, 0.1) is 0 Å². The van der Waals surface area contributed by atoms with Gasteiger partial charge in [0.25, 0.3) is 0 Å². The molecule has 75 valence electrons. The normalized spacial score (nSPS) is 8.07. The molecule has 0 aliphatic rings. The van der Waals surface area contributed by atoms with Gasteiger partial charge in [0.2, 0.25) is 0 Å². The molecule has 0 fully saturated rings. The molecule has 0 heterocycles. The molecular formula is C10H10Cl3Ge. The number of fused-ring (bicyclic) bond motifs is 1. The number of hydrogen-bond donors (Lipinski definition) is 0. The number of benzene rings is 2. The summed E-state index contributed by atoms with van der Waals surface area (Å²) in [4.78, 5) is 0. The molecule has 0 nitrogen and oxygen atoms in total. The van der Waals surface area contributed by atoms with Gasteiger partial charge in [0.15, 0.2) is 0 Å². The monoisotopic (exact) mass is 309 g/mol. The van der Waals surface area contributed by atoms with Gasteiger partial charge in [-0.3, -0.25) is 0 Å². The van der Waals surface area contributed by atoms with E-state index in [1.54, 1.807) is 0 Å². The summed E-state index contributed by atoms with van der Waals surface area (Å²) in [5, 5.41) is 2.68. The van der Waals surface area contributed by atoms with E-state index in [9.17, 15) is 0 Å². The van der Waals surface area contributed by atoms with Crippen molar-refractivity contribution in [3.05, 3.63) is 42.5 Å². The Labute approximate surface area is 111 Å². The van der Waals surface area contributed by atoms with Gasteiger partial charge in [0, 0.05) is 0 Å². The van der Waals surface area contributed by atoms with E-state index in [0.29, 0.717) is 0 Å². The molecule has 14 heavy (non-hydrogen) atoms. The molecule has 2 aromatic carbocycles. The Morgan fingerprint density at radius 2 is 1.29 bits per heavy atom. The van der Waals surface area contributed by atoms with Gasteiger partial charge < -0.3 is 0 Å². The van der Waals surface area contributed by atoms with Gasteiger partial charge in [0.05, 0.1) is 0 Å². The first-order chi connectivity index (χ1) is 5.38. The Morgan fingerprint density at radius 1 is 0.714 bits per heavy atom. The van der Waals surface area contributed by atoms with E-state index < -0.39 is 0 Å². The van der Waals surface area contributed by atoms with E-state index in [1.165, 1.54) is 15.2 Å². The van der Waals surface area contributed by atoms with E-state index in [1.807, 2.05) is 0 Å². The summed E-state index contributed by atoms with van der Waals surface area (Å²) in [5.74, 6) is 0. The van der Waals surface area contributed by atoms with Crippen molar-refractivity contribution in [1.29, 1.82) is 0 Å². The molecule has 0 unspecified atom stereocenters. The maximum absolute atomic E-state index is 2.16. The van der Waals surface area contributed by atoms with Crippen molar-refractivity contribution in [2.24, 2.45) is 0 Å². The third kappa shape index (κ3) is 3.36. The van der Waals surface area contributed by atoms with Crippen LogP contribution in [0.5, 0.6) is 0 Å². The first-order valence-corrected chi connectivity index (χ1v) is 4.62.